The summed E-state index contributed by atoms with van der Waals surface area (Å²) >= 11 is 0. The third kappa shape index (κ3) is 3.59. The summed E-state index contributed by atoms with van der Waals surface area (Å²) in [7, 11) is -0.00694. The summed E-state index contributed by atoms with van der Waals surface area (Å²) in [6.07, 6.45) is 0. The summed E-state index contributed by atoms with van der Waals surface area (Å²) in [5, 5.41) is 19.9. The highest BCUT2D eigenvalue weighted by Gasteiger charge is 2.40. The van der Waals surface area contributed by atoms with Gasteiger partial charge in [0.05, 0.1) is 18.3 Å². The number of aromatic nitrogens is 1. The van der Waals surface area contributed by atoms with E-state index in [2.05, 4.69) is 9.72 Å². The Hall–Kier alpha value is -1.31. The summed E-state index contributed by atoms with van der Waals surface area (Å²) in [6, 6.07) is 3.02. The minimum atomic E-state index is -1.28. The predicted molar refractivity (Wildman–Crippen MR) is 71.2 cm³/mol. The van der Waals surface area contributed by atoms with Crippen molar-refractivity contribution in [1.82, 2.24) is 4.98 Å². The first-order chi connectivity index (χ1) is 8.58. The number of carbonyl (C=O) groups is 1. The second-order valence-electron chi connectivity index (χ2n) is 5.36. The number of H-pyrrole nitrogens is 1. The van der Waals surface area contributed by atoms with Crippen molar-refractivity contribution >= 4 is 18.7 Å². The molecule has 7 heteroatoms. The molecule has 1 aromatic heterocycles. The van der Waals surface area contributed by atoms with Gasteiger partial charge in [0.2, 0.25) is 0 Å². The zero-order chi connectivity index (χ0) is 14.8. The number of aromatic amines is 1. The van der Waals surface area contributed by atoms with E-state index in [0.717, 1.165) is 0 Å². The molecule has 0 amide bonds. The number of methoxy groups -OCH3 is 1. The molecule has 0 aliphatic heterocycles. The van der Waals surface area contributed by atoms with Gasteiger partial charge in [0, 0.05) is 5.59 Å². The number of esters is 1. The minimum Gasteiger partial charge on any atom is -0.464 e. The first-order valence-corrected chi connectivity index (χ1v) is 5.94. The Morgan fingerprint density at radius 1 is 1.32 bits per heavy atom. The largest absolute Gasteiger partial charge is 0.508 e. The number of nitrogens with one attached hydrogen (secondary N) is 1. The first kappa shape index (κ1) is 15.8. The van der Waals surface area contributed by atoms with E-state index in [4.69, 9.17) is 4.65 Å². The summed E-state index contributed by atoms with van der Waals surface area (Å²) < 4.78 is 9.99. The number of aliphatic hydroxyl groups is 1. The van der Waals surface area contributed by atoms with Gasteiger partial charge in [-0.05, 0) is 39.8 Å². The molecule has 106 valence electrons. The normalized spacial score (nSPS) is 12.4. The smallest absolute Gasteiger partial charge is 0.464 e. The molecule has 3 N–H and O–H groups in total. The molecule has 1 aromatic rings. The molecular formula is C12H20BNO5. The first-order valence-electron chi connectivity index (χ1n) is 5.94. The van der Waals surface area contributed by atoms with Crippen LogP contribution in [-0.4, -0.2) is 46.5 Å². The van der Waals surface area contributed by atoms with E-state index in [-0.39, 0.29) is 5.69 Å². The van der Waals surface area contributed by atoms with E-state index >= 15 is 0 Å². The van der Waals surface area contributed by atoms with Gasteiger partial charge in [0.15, 0.2) is 0 Å². The summed E-state index contributed by atoms with van der Waals surface area (Å²) in [6.45, 7) is 6.52. The lowest BCUT2D eigenvalue weighted by Gasteiger charge is -2.38. The number of hydrogen-bond acceptors (Lipinski definition) is 5. The molecule has 0 saturated carbocycles. The van der Waals surface area contributed by atoms with Gasteiger partial charge >= 0.3 is 13.1 Å². The van der Waals surface area contributed by atoms with Crippen LogP contribution in [0.2, 0.25) is 0 Å². The Balaban J connectivity index is 2.82. The van der Waals surface area contributed by atoms with Crippen molar-refractivity contribution in [2.75, 3.05) is 7.11 Å². The maximum atomic E-state index is 11.3. The third-order valence-electron chi connectivity index (χ3n) is 3.26. The van der Waals surface area contributed by atoms with Gasteiger partial charge < -0.3 is 24.5 Å². The number of hydrogen-bond donors (Lipinski definition) is 3. The second kappa shape index (κ2) is 5.36. The van der Waals surface area contributed by atoms with Crippen molar-refractivity contribution in [3.8, 4) is 0 Å². The maximum Gasteiger partial charge on any atom is 0.508 e. The van der Waals surface area contributed by atoms with Crippen LogP contribution in [-0.2, 0) is 9.39 Å². The molecule has 0 spiro atoms. The van der Waals surface area contributed by atoms with E-state index in [1.807, 2.05) is 0 Å². The molecule has 0 aromatic carbocycles. The van der Waals surface area contributed by atoms with Gasteiger partial charge in [0.1, 0.15) is 5.69 Å². The zero-order valence-electron chi connectivity index (χ0n) is 11.9. The summed E-state index contributed by atoms with van der Waals surface area (Å²) in [5.74, 6) is -0.528. The Kier molecular flexibility index (Phi) is 4.44. The van der Waals surface area contributed by atoms with E-state index in [1.165, 1.54) is 19.2 Å². The van der Waals surface area contributed by atoms with Crippen molar-refractivity contribution in [2.24, 2.45) is 0 Å². The fourth-order valence-corrected chi connectivity index (χ4v) is 1.27. The molecular weight excluding hydrogens is 249 g/mol. The number of carbonyl (C=O) groups excluding carboxylic acids is 1. The molecule has 1 rings (SSSR count). The quantitative estimate of drug-likeness (QED) is 0.519. The van der Waals surface area contributed by atoms with Crippen LogP contribution in [0.15, 0.2) is 12.1 Å². The van der Waals surface area contributed by atoms with E-state index in [0.29, 0.717) is 5.59 Å². The predicted octanol–water partition coefficient (Wildman–Crippen LogP) is 0.0549. The van der Waals surface area contributed by atoms with Gasteiger partial charge in [-0.2, -0.15) is 0 Å². The van der Waals surface area contributed by atoms with Crippen LogP contribution in [0.4, 0.5) is 0 Å². The highest BCUT2D eigenvalue weighted by molar-refractivity contribution is 6.59. The maximum absolute atomic E-state index is 11.3. The molecule has 0 saturated heterocycles. The lowest BCUT2D eigenvalue weighted by molar-refractivity contribution is -0.0983. The lowest BCUT2D eigenvalue weighted by atomic mass is 9.80. The van der Waals surface area contributed by atoms with Crippen LogP contribution in [0.5, 0.6) is 0 Å². The van der Waals surface area contributed by atoms with E-state index < -0.39 is 24.3 Å². The SMILES string of the molecule is COC(=O)c1ccc(B(O)OC(C)(C)C(C)(C)O)[nH]1. The zero-order valence-corrected chi connectivity index (χ0v) is 11.9. The second-order valence-corrected chi connectivity index (χ2v) is 5.36. The van der Waals surface area contributed by atoms with Crippen LogP contribution in [0.1, 0.15) is 38.2 Å². The highest BCUT2D eigenvalue weighted by Crippen LogP contribution is 2.25. The van der Waals surface area contributed by atoms with Gasteiger partial charge in [0.25, 0.3) is 0 Å². The van der Waals surface area contributed by atoms with Gasteiger partial charge in [-0.3, -0.25) is 0 Å². The van der Waals surface area contributed by atoms with Crippen LogP contribution < -0.4 is 5.59 Å². The average molecular weight is 269 g/mol. The standard InChI is InChI=1S/C12H20BNO5/c1-11(2,16)12(3,4)19-13(17)9-7-6-8(14-9)10(15)18-5/h6-7,14,16-17H,1-5H3. The van der Waals surface area contributed by atoms with Crippen LogP contribution in [0, 0.1) is 0 Å². The van der Waals surface area contributed by atoms with Crippen molar-refractivity contribution in [1.29, 1.82) is 0 Å². The van der Waals surface area contributed by atoms with Crippen molar-refractivity contribution < 1.29 is 24.3 Å². The Morgan fingerprint density at radius 2 is 1.89 bits per heavy atom. The minimum absolute atomic E-state index is 0.223. The van der Waals surface area contributed by atoms with Crippen LogP contribution in [0.25, 0.3) is 0 Å². The fraction of sp³-hybridized carbons (Fsp3) is 0.583. The molecule has 19 heavy (non-hydrogen) atoms. The topological polar surface area (TPSA) is 91.8 Å². The molecule has 0 bridgehead atoms. The lowest BCUT2D eigenvalue weighted by Crippen LogP contribution is -2.53. The van der Waals surface area contributed by atoms with Crippen LogP contribution >= 0.6 is 0 Å². The molecule has 0 aliphatic carbocycles. The van der Waals surface area contributed by atoms with Crippen molar-refractivity contribution in [2.45, 2.75) is 38.9 Å². The van der Waals surface area contributed by atoms with Crippen molar-refractivity contribution in [3.05, 3.63) is 17.8 Å². The average Bonchev–Trinajstić information content (AvgIpc) is 2.75. The molecule has 0 aliphatic rings. The van der Waals surface area contributed by atoms with E-state index in [9.17, 15) is 14.9 Å². The highest BCUT2D eigenvalue weighted by atomic mass is 16.5. The van der Waals surface area contributed by atoms with Gasteiger partial charge in [-0.25, -0.2) is 4.79 Å². The summed E-state index contributed by atoms with van der Waals surface area (Å²) in [4.78, 5) is 14.0. The van der Waals surface area contributed by atoms with Crippen LogP contribution in [0.3, 0.4) is 0 Å². The Labute approximate surface area is 112 Å². The summed E-state index contributed by atoms with van der Waals surface area (Å²) in [5.41, 5.74) is -1.56. The fourth-order valence-electron chi connectivity index (χ4n) is 1.27. The van der Waals surface area contributed by atoms with Gasteiger partial charge in [-0.1, -0.05) is 0 Å². The molecule has 0 fully saturated rings. The molecule has 0 unspecified atom stereocenters. The van der Waals surface area contributed by atoms with Crippen molar-refractivity contribution in [3.63, 3.8) is 0 Å². The monoisotopic (exact) mass is 269 g/mol. The molecule has 6 nitrogen and oxygen atoms in total. The molecule has 0 atom stereocenters. The third-order valence-corrected chi connectivity index (χ3v) is 3.26. The number of rotatable bonds is 5. The number of ether oxygens (including phenoxy) is 1. The Bertz CT molecular complexity index is 449. The van der Waals surface area contributed by atoms with E-state index in [1.54, 1.807) is 27.7 Å². The molecule has 1 heterocycles. The Morgan fingerprint density at radius 3 is 2.37 bits per heavy atom. The van der Waals surface area contributed by atoms with Gasteiger partial charge in [-0.15, -0.1) is 0 Å². The molecule has 0 radical (unpaired) electrons.